The van der Waals surface area contributed by atoms with E-state index in [-0.39, 0.29) is 0 Å². The first kappa shape index (κ1) is 19.7. The van der Waals surface area contributed by atoms with E-state index in [1.54, 1.807) is 0 Å². The molecule has 3 heterocycles. The molecule has 6 aromatic rings. The molecule has 0 bridgehead atoms. The van der Waals surface area contributed by atoms with Crippen molar-refractivity contribution in [3.63, 3.8) is 0 Å². The molecule has 0 spiro atoms. The fraction of sp³-hybridized carbons (Fsp3) is 0.286. The Hall–Kier alpha value is -2.98. The number of pyridine rings is 1. The molecule has 0 fully saturated rings. The van der Waals surface area contributed by atoms with Crippen molar-refractivity contribution in [1.82, 2.24) is 9.38 Å². The van der Waals surface area contributed by atoms with Crippen molar-refractivity contribution in [3.05, 3.63) is 59.9 Å². The first-order chi connectivity index (χ1) is 15.2. The summed E-state index contributed by atoms with van der Waals surface area (Å²) in [6.07, 6.45) is 1.99. The van der Waals surface area contributed by atoms with Crippen LogP contribution >= 0.6 is 0 Å². The Morgan fingerprint density at radius 3 is 2.41 bits per heavy atom. The van der Waals surface area contributed by atoms with Crippen molar-refractivity contribution >= 4 is 62.4 Å². The van der Waals surface area contributed by atoms with E-state index in [0.717, 1.165) is 5.52 Å². The smallest absolute Gasteiger partial charge is 0.287 e. The average Bonchev–Trinajstić information content (AvgIpc) is 3.07. The van der Waals surface area contributed by atoms with Gasteiger partial charge in [0.15, 0.2) is 5.52 Å². The normalized spacial score (nSPS) is 13.1. The molecule has 0 aliphatic heterocycles. The van der Waals surface area contributed by atoms with Crippen LogP contribution in [-0.4, -0.2) is 17.5 Å². The van der Waals surface area contributed by atoms with Crippen molar-refractivity contribution in [3.8, 4) is 0 Å². The summed E-state index contributed by atoms with van der Waals surface area (Å²) in [7, 11) is 0.609. The Morgan fingerprint density at radius 1 is 0.906 bits per heavy atom. The summed E-state index contributed by atoms with van der Waals surface area (Å²) < 4.78 is 4.74. The van der Waals surface area contributed by atoms with Gasteiger partial charge in [0, 0.05) is 16.2 Å². The van der Waals surface area contributed by atoms with Gasteiger partial charge in [0.25, 0.3) is 6.33 Å². The maximum absolute atomic E-state index is 4.90. The second kappa shape index (κ2) is 6.29. The molecule has 0 atom stereocenters. The minimum absolute atomic E-state index is 0.508. The van der Waals surface area contributed by atoms with E-state index in [9.17, 15) is 0 Å². The number of rotatable bonds is 2. The molecule has 4 heteroatoms. The number of aryl methyl sites for hydroxylation is 2. The van der Waals surface area contributed by atoms with E-state index in [4.69, 9.17) is 4.98 Å². The zero-order valence-corrected chi connectivity index (χ0v) is 21.0. The second-order valence-corrected chi connectivity index (χ2v) is 15.8. The third-order valence-electron chi connectivity index (χ3n) is 7.23. The van der Waals surface area contributed by atoms with Crippen molar-refractivity contribution in [2.75, 3.05) is 0 Å². The zero-order chi connectivity index (χ0) is 22.5. The minimum Gasteiger partial charge on any atom is -0.308 e. The van der Waals surface area contributed by atoms with Gasteiger partial charge in [0.05, 0.1) is 37.1 Å². The largest absolute Gasteiger partial charge is 0.308 e. The van der Waals surface area contributed by atoms with Crippen LogP contribution in [-0.2, 0) is 7.05 Å². The lowest BCUT2D eigenvalue weighted by molar-refractivity contribution is -0.646. The van der Waals surface area contributed by atoms with Gasteiger partial charge in [-0.25, -0.2) is 4.57 Å². The van der Waals surface area contributed by atoms with Gasteiger partial charge in [-0.2, -0.15) is 0 Å². The molecule has 32 heavy (non-hydrogen) atoms. The molecule has 3 nitrogen and oxygen atoms in total. The molecule has 0 unspecified atom stereocenters. The maximum atomic E-state index is 4.90. The Morgan fingerprint density at radius 2 is 1.69 bits per heavy atom. The standard InChI is InChI=1S/C28H30N3Si/c1-16(2)18-9-11-23-21(12-18)20-10-8-17(3)25-27(20)31(23)24-14-19(32(5,6)7)13-22-26(24)28(25)30(4)15-29-22/h8-16H,1-7H3/q+1. The van der Waals surface area contributed by atoms with E-state index < -0.39 is 8.07 Å². The molecule has 0 aliphatic rings. The number of aromatic nitrogens is 3. The topological polar surface area (TPSA) is 21.2 Å². The molecule has 0 amide bonds. The summed E-state index contributed by atoms with van der Waals surface area (Å²) >= 11 is 0. The summed E-state index contributed by atoms with van der Waals surface area (Å²) in [4.78, 5) is 4.90. The molecule has 0 aliphatic carbocycles. The fourth-order valence-electron chi connectivity index (χ4n) is 5.38. The van der Waals surface area contributed by atoms with Crippen molar-refractivity contribution in [1.29, 1.82) is 0 Å². The molecule has 0 radical (unpaired) electrons. The highest BCUT2D eigenvalue weighted by Crippen LogP contribution is 2.40. The van der Waals surface area contributed by atoms with Gasteiger partial charge >= 0.3 is 0 Å². The average molecular weight is 437 g/mol. The molecule has 0 saturated carbocycles. The highest BCUT2D eigenvalue weighted by molar-refractivity contribution is 6.89. The second-order valence-electron chi connectivity index (χ2n) is 10.8. The first-order valence-corrected chi connectivity index (χ1v) is 15.1. The lowest BCUT2D eigenvalue weighted by Crippen LogP contribution is -2.38. The lowest BCUT2D eigenvalue weighted by atomic mass is 9.99. The van der Waals surface area contributed by atoms with Gasteiger partial charge in [-0.05, 0) is 53.2 Å². The van der Waals surface area contributed by atoms with Gasteiger partial charge in [-0.15, -0.1) is 0 Å². The fourth-order valence-corrected chi connectivity index (χ4v) is 6.52. The zero-order valence-electron chi connectivity index (χ0n) is 20.0. The van der Waals surface area contributed by atoms with Crippen LogP contribution in [0.15, 0.2) is 48.8 Å². The van der Waals surface area contributed by atoms with E-state index in [1.807, 2.05) is 6.33 Å². The van der Waals surface area contributed by atoms with Crippen LogP contribution in [0.5, 0.6) is 0 Å². The lowest BCUT2D eigenvalue weighted by Gasteiger charge is -2.19. The highest BCUT2D eigenvalue weighted by Gasteiger charge is 2.26. The number of benzene rings is 3. The van der Waals surface area contributed by atoms with Gasteiger partial charge < -0.3 is 4.40 Å². The molecule has 0 saturated heterocycles. The SMILES string of the molecule is Cc1ccc2c3cc(C(C)C)ccc3n3c4cc([Si](C)(C)C)cc5nc[n+](C)c(c1c23)c54. The number of nitrogens with zero attached hydrogens (tertiary/aromatic N) is 3. The van der Waals surface area contributed by atoms with E-state index in [0.29, 0.717) is 5.92 Å². The van der Waals surface area contributed by atoms with Crippen LogP contribution < -0.4 is 9.75 Å². The third-order valence-corrected chi connectivity index (χ3v) is 9.25. The molecule has 3 aromatic heterocycles. The van der Waals surface area contributed by atoms with Gasteiger partial charge in [0.2, 0.25) is 0 Å². The molecule has 0 N–H and O–H groups in total. The Labute approximate surface area is 189 Å². The maximum Gasteiger partial charge on any atom is 0.287 e. The van der Waals surface area contributed by atoms with Crippen molar-refractivity contribution in [2.24, 2.45) is 7.05 Å². The monoisotopic (exact) mass is 436 g/mol. The minimum atomic E-state index is -1.52. The highest BCUT2D eigenvalue weighted by atomic mass is 28.3. The predicted molar refractivity (Wildman–Crippen MR) is 139 cm³/mol. The molecule has 160 valence electrons. The molecular formula is C28H30N3Si+. The number of fused-ring (bicyclic) bond motifs is 5. The van der Waals surface area contributed by atoms with Crippen LogP contribution in [0, 0.1) is 6.92 Å². The molecule has 6 rings (SSSR count). The summed E-state index contributed by atoms with van der Waals surface area (Å²) in [5.41, 5.74) is 9.02. The van der Waals surface area contributed by atoms with E-state index in [1.165, 1.54) is 59.9 Å². The van der Waals surface area contributed by atoms with Crippen LogP contribution in [0.1, 0.15) is 30.9 Å². The van der Waals surface area contributed by atoms with Crippen molar-refractivity contribution < 1.29 is 4.57 Å². The van der Waals surface area contributed by atoms with Crippen LogP contribution in [0.4, 0.5) is 0 Å². The number of hydrogen-bond acceptors (Lipinski definition) is 1. The summed E-state index contributed by atoms with van der Waals surface area (Å²) in [6, 6.07) is 16.5. The van der Waals surface area contributed by atoms with Gasteiger partial charge in [-0.3, -0.25) is 0 Å². The quantitative estimate of drug-likeness (QED) is 0.137. The van der Waals surface area contributed by atoms with Crippen LogP contribution in [0.2, 0.25) is 19.6 Å². The van der Waals surface area contributed by atoms with E-state index >= 15 is 0 Å². The van der Waals surface area contributed by atoms with Crippen LogP contribution in [0.25, 0.3) is 49.1 Å². The summed E-state index contributed by atoms with van der Waals surface area (Å²) in [5.74, 6) is 0.508. The summed E-state index contributed by atoms with van der Waals surface area (Å²) in [6.45, 7) is 14.1. The number of hydrogen-bond donors (Lipinski definition) is 0. The first-order valence-electron chi connectivity index (χ1n) is 11.6. The Kier molecular flexibility index (Phi) is 3.87. The molecular weight excluding hydrogens is 406 g/mol. The van der Waals surface area contributed by atoms with Crippen molar-refractivity contribution in [2.45, 2.75) is 46.3 Å². The van der Waals surface area contributed by atoms with E-state index in [2.05, 4.69) is 98.9 Å². The van der Waals surface area contributed by atoms with Gasteiger partial charge in [0.1, 0.15) is 5.52 Å². The van der Waals surface area contributed by atoms with Crippen LogP contribution in [0.3, 0.4) is 0 Å². The summed E-state index contributed by atoms with van der Waals surface area (Å²) in [5, 5.41) is 6.76. The van der Waals surface area contributed by atoms with Gasteiger partial charge in [-0.1, -0.05) is 56.9 Å². The molecule has 3 aromatic carbocycles. The Balaban J connectivity index is 2.00. The predicted octanol–water partition coefficient (Wildman–Crippen LogP) is 6.19. The Bertz CT molecular complexity index is 1700. The third kappa shape index (κ3) is 2.47.